The number of nitrogens with zero attached hydrogens (tertiary/aromatic N) is 3. The Hall–Kier alpha value is -6.65. The number of rotatable bonds is 6. The van der Waals surface area contributed by atoms with E-state index in [2.05, 4.69) is 0 Å². The molecule has 0 aliphatic rings. The van der Waals surface area contributed by atoms with Crippen LogP contribution in [0.15, 0.2) is 180 Å². The highest BCUT2D eigenvalue weighted by Crippen LogP contribution is 2.39. The van der Waals surface area contributed by atoms with Crippen molar-refractivity contribution in [3.05, 3.63) is 176 Å². The van der Waals surface area contributed by atoms with Gasteiger partial charge in [-0.3, -0.25) is 0 Å². The lowest BCUT2D eigenvalue weighted by Crippen LogP contribution is -2.02. The molecule has 2 aromatic heterocycles. The van der Waals surface area contributed by atoms with Crippen molar-refractivity contribution in [2.24, 2.45) is 0 Å². The van der Waals surface area contributed by atoms with E-state index in [1.54, 1.807) is 24.3 Å². The molecule has 7 aromatic carbocycles. The predicted molar refractivity (Wildman–Crippen MR) is 200 cm³/mol. The number of hydrogen-bond acceptors (Lipinski definition) is 4. The Balaban J connectivity index is 1.36. The van der Waals surface area contributed by atoms with Gasteiger partial charge >= 0.3 is 0 Å². The minimum absolute atomic E-state index is 0.00771. The number of hydrogen-bond donors (Lipinski definition) is 0. The molecule has 0 unspecified atom stereocenters. The van der Waals surface area contributed by atoms with Gasteiger partial charge in [0.25, 0.3) is 0 Å². The molecule has 0 aliphatic heterocycles. The molecule has 9 rings (SSSR count). The molecule has 0 bridgehead atoms. The van der Waals surface area contributed by atoms with E-state index >= 15 is 0 Å². The van der Waals surface area contributed by atoms with E-state index in [4.69, 9.17) is 23.5 Å². The lowest BCUT2D eigenvalue weighted by atomic mass is 9.98. The first-order valence-electron chi connectivity index (χ1n) is 18.9. The summed E-state index contributed by atoms with van der Waals surface area (Å²) in [6.45, 7) is 0. The monoisotopic (exact) mass is 633 g/mol. The topological polar surface area (TPSA) is 51.8 Å². The number of fused-ring (bicyclic) bond motifs is 3. The van der Waals surface area contributed by atoms with Gasteiger partial charge in [0.1, 0.15) is 11.2 Å². The summed E-state index contributed by atoms with van der Waals surface area (Å²) in [5, 5.41) is 0.365. The Morgan fingerprint density at radius 1 is 0.388 bits per heavy atom. The van der Waals surface area contributed by atoms with Gasteiger partial charge < -0.3 is 4.42 Å². The lowest BCUT2D eigenvalue weighted by molar-refractivity contribution is 0.669. The molecule has 0 amide bonds. The average Bonchev–Trinajstić information content (AvgIpc) is 3.64. The Labute approximate surface area is 292 Å². The Morgan fingerprint density at radius 2 is 0.857 bits per heavy atom. The van der Waals surface area contributed by atoms with E-state index in [1.807, 2.05) is 115 Å². The first kappa shape index (κ1) is 22.8. The van der Waals surface area contributed by atoms with Crippen molar-refractivity contribution >= 4 is 21.9 Å². The van der Waals surface area contributed by atoms with Crippen LogP contribution in [0.2, 0.25) is 0 Å². The molecular formula is C45H29N3O. The summed E-state index contributed by atoms with van der Waals surface area (Å²) in [4.78, 5) is 14.9. The van der Waals surface area contributed by atoms with Gasteiger partial charge in [-0.25, -0.2) is 15.0 Å². The molecule has 0 saturated heterocycles. The maximum Gasteiger partial charge on any atom is 0.164 e. The van der Waals surface area contributed by atoms with Crippen LogP contribution in [-0.2, 0) is 0 Å². The summed E-state index contributed by atoms with van der Waals surface area (Å²) in [5.41, 5.74) is 5.85. The van der Waals surface area contributed by atoms with Crippen LogP contribution in [0.1, 0.15) is 8.22 Å². The third kappa shape index (κ3) is 5.26. The number of furan rings is 1. The Bertz CT molecular complexity index is 2830. The molecular weight excluding hydrogens is 599 g/mol. The Morgan fingerprint density at radius 3 is 1.41 bits per heavy atom. The van der Waals surface area contributed by atoms with E-state index in [-0.39, 0.29) is 69.6 Å². The highest BCUT2D eigenvalue weighted by molar-refractivity contribution is 6.13. The van der Waals surface area contributed by atoms with Crippen LogP contribution in [-0.4, -0.2) is 15.0 Å². The first-order valence-corrected chi connectivity index (χ1v) is 15.9. The van der Waals surface area contributed by atoms with Crippen molar-refractivity contribution in [3.63, 3.8) is 0 Å². The zero-order valence-corrected chi connectivity index (χ0v) is 26.0. The van der Waals surface area contributed by atoms with Crippen molar-refractivity contribution in [2.75, 3.05) is 0 Å². The van der Waals surface area contributed by atoms with Gasteiger partial charge in [0.15, 0.2) is 17.5 Å². The van der Waals surface area contributed by atoms with E-state index < -0.39 is 0 Å². The van der Waals surface area contributed by atoms with Crippen LogP contribution in [0.5, 0.6) is 0 Å². The highest BCUT2D eigenvalue weighted by Gasteiger charge is 2.19. The molecule has 2 heterocycles. The van der Waals surface area contributed by atoms with Crippen molar-refractivity contribution in [1.82, 2.24) is 15.0 Å². The second-order valence-corrected chi connectivity index (χ2v) is 11.5. The van der Waals surface area contributed by atoms with E-state index in [0.29, 0.717) is 33.9 Å². The molecule has 0 saturated carbocycles. The van der Waals surface area contributed by atoms with E-state index in [0.717, 1.165) is 22.3 Å². The fourth-order valence-corrected chi connectivity index (χ4v) is 6.20. The zero-order chi connectivity index (χ0) is 37.8. The van der Waals surface area contributed by atoms with Gasteiger partial charge in [-0.2, -0.15) is 0 Å². The van der Waals surface area contributed by atoms with Gasteiger partial charge in [-0.05, 0) is 51.5 Å². The standard InChI is InChI=1S/C45H29N3O/c1-4-15-30(16-5-1)34-21-10-12-23-37(34)44-46-43(47-45(48-44)38-24-13-11-22-35(38)31-17-6-2-7-18-31)33-27-28-39-41(29-33)49-40-26-14-25-36(42(39)40)32-19-8-3-9-20-32/h1-29H/i14D,25D,26D,27D,28D,29D. The van der Waals surface area contributed by atoms with Crippen molar-refractivity contribution in [3.8, 4) is 67.5 Å². The fraction of sp³-hybridized carbons (Fsp3) is 0. The predicted octanol–water partition coefficient (Wildman–Crippen LogP) is 11.8. The Kier molecular flexibility index (Phi) is 5.67. The molecule has 0 atom stereocenters. The van der Waals surface area contributed by atoms with Gasteiger partial charge in [0.2, 0.25) is 0 Å². The summed E-state index contributed by atoms with van der Waals surface area (Å²) in [6.07, 6.45) is 0. The summed E-state index contributed by atoms with van der Waals surface area (Å²) in [5.74, 6) is 0.637. The quantitative estimate of drug-likeness (QED) is 0.183. The second-order valence-electron chi connectivity index (χ2n) is 11.5. The maximum atomic E-state index is 9.55. The van der Waals surface area contributed by atoms with Gasteiger partial charge in [-0.1, -0.05) is 158 Å². The SMILES string of the molecule is [2H]c1c([2H])c(-c2ccccc2)c2c(oc3c([2H])c(-c4nc(-c5ccccc5-c5ccccc5)nc(-c5ccccc5-c5ccccc5)n4)c([2H])c([2H])c32)c1[2H]. The smallest absolute Gasteiger partial charge is 0.164 e. The summed E-state index contributed by atoms with van der Waals surface area (Å²) < 4.78 is 60.8. The molecule has 4 nitrogen and oxygen atoms in total. The molecule has 49 heavy (non-hydrogen) atoms. The maximum absolute atomic E-state index is 9.55. The second kappa shape index (κ2) is 12.2. The van der Waals surface area contributed by atoms with Gasteiger partial charge in [0.05, 0.1) is 8.22 Å². The lowest BCUT2D eigenvalue weighted by Gasteiger charge is -2.14. The van der Waals surface area contributed by atoms with Crippen molar-refractivity contribution in [1.29, 1.82) is 0 Å². The largest absolute Gasteiger partial charge is 0.456 e. The van der Waals surface area contributed by atoms with Crippen LogP contribution >= 0.6 is 0 Å². The normalized spacial score (nSPS) is 13.0. The number of benzene rings is 7. The summed E-state index contributed by atoms with van der Waals surface area (Å²) >= 11 is 0. The third-order valence-electron chi connectivity index (χ3n) is 8.50. The van der Waals surface area contributed by atoms with E-state index in [9.17, 15) is 4.11 Å². The minimum Gasteiger partial charge on any atom is -0.456 e. The van der Waals surface area contributed by atoms with Gasteiger partial charge in [-0.15, -0.1) is 0 Å². The molecule has 0 aliphatic carbocycles. The van der Waals surface area contributed by atoms with Gasteiger partial charge in [0, 0.05) is 27.5 Å². The van der Waals surface area contributed by atoms with Crippen molar-refractivity contribution in [2.45, 2.75) is 0 Å². The third-order valence-corrected chi connectivity index (χ3v) is 8.50. The first-order chi connectivity index (χ1) is 26.8. The molecule has 0 fully saturated rings. The van der Waals surface area contributed by atoms with E-state index in [1.165, 1.54) is 0 Å². The molecule has 4 heteroatoms. The minimum atomic E-state index is -0.337. The molecule has 9 aromatic rings. The molecule has 230 valence electrons. The van der Waals surface area contributed by atoms with Crippen LogP contribution < -0.4 is 0 Å². The molecule has 0 radical (unpaired) electrons. The van der Waals surface area contributed by atoms with Crippen LogP contribution in [0.3, 0.4) is 0 Å². The zero-order valence-electron chi connectivity index (χ0n) is 32.0. The molecule has 0 N–H and O–H groups in total. The summed E-state index contributed by atoms with van der Waals surface area (Å²) in [7, 11) is 0. The van der Waals surface area contributed by atoms with Crippen molar-refractivity contribution < 1.29 is 12.6 Å². The van der Waals surface area contributed by atoms with Crippen LogP contribution in [0, 0.1) is 0 Å². The highest BCUT2D eigenvalue weighted by atomic mass is 16.3. The summed E-state index contributed by atoms with van der Waals surface area (Å²) in [6, 6.07) is 42.6. The van der Waals surface area contributed by atoms with Crippen LogP contribution in [0.25, 0.3) is 89.5 Å². The van der Waals surface area contributed by atoms with Crippen LogP contribution in [0.4, 0.5) is 0 Å². The average molecular weight is 634 g/mol. The number of aromatic nitrogens is 3. The fourth-order valence-electron chi connectivity index (χ4n) is 6.20. The molecule has 0 spiro atoms.